The fourth-order valence-electron chi connectivity index (χ4n) is 3.97. The molecule has 0 aromatic heterocycles. The molecular formula is C19H27NO3. The molecule has 0 spiro atoms. The van der Waals surface area contributed by atoms with Crippen molar-refractivity contribution in [3.05, 3.63) is 35.4 Å². The van der Waals surface area contributed by atoms with Crippen molar-refractivity contribution in [2.45, 2.75) is 51.2 Å². The minimum Gasteiger partial charge on any atom is -0.394 e. The lowest BCUT2D eigenvalue weighted by Gasteiger charge is -2.40. The highest BCUT2D eigenvalue weighted by molar-refractivity contribution is 5.80. The Kier molecular flexibility index (Phi) is 5.34. The van der Waals surface area contributed by atoms with Crippen LogP contribution in [0.25, 0.3) is 0 Å². The summed E-state index contributed by atoms with van der Waals surface area (Å²) in [5, 5.41) is 9.87. The number of carbonyl (C=O) groups is 1. The summed E-state index contributed by atoms with van der Waals surface area (Å²) in [6, 6.07) is 7.96. The Morgan fingerprint density at radius 3 is 3.00 bits per heavy atom. The number of aliphatic hydroxyl groups excluding tert-OH is 1. The summed E-state index contributed by atoms with van der Waals surface area (Å²) in [4.78, 5) is 14.9. The minimum absolute atomic E-state index is 0.00956. The predicted octanol–water partition coefficient (Wildman–Crippen LogP) is 2.70. The molecule has 1 N–H and O–H groups in total. The molecule has 2 aliphatic heterocycles. The van der Waals surface area contributed by atoms with Crippen LogP contribution in [0, 0.1) is 5.92 Å². The fourth-order valence-corrected chi connectivity index (χ4v) is 3.97. The Balaban J connectivity index is 1.74. The Labute approximate surface area is 138 Å². The van der Waals surface area contributed by atoms with Crippen molar-refractivity contribution in [2.75, 3.05) is 19.8 Å². The third-order valence-corrected chi connectivity index (χ3v) is 5.20. The van der Waals surface area contributed by atoms with Gasteiger partial charge < -0.3 is 14.7 Å². The second-order valence-corrected chi connectivity index (χ2v) is 6.68. The van der Waals surface area contributed by atoms with E-state index in [1.54, 1.807) is 0 Å². The van der Waals surface area contributed by atoms with E-state index in [0.29, 0.717) is 13.2 Å². The van der Waals surface area contributed by atoms with E-state index >= 15 is 0 Å². The highest BCUT2D eigenvalue weighted by Gasteiger charge is 2.36. The van der Waals surface area contributed by atoms with Crippen molar-refractivity contribution in [3.8, 4) is 0 Å². The van der Waals surface area contributed by atoms with E-state index in [0.717, 1.165) is 37.7 Å². The number of rotatable bonds is 4. The quantitative estimate of drug-likeness (QED) is 0.929. The maximum atomic E-state index is 13.0. The van der Waals surface area contributed by atoms with Crippen LogP contribution in [0.2, 0.25) is 0 Å². The van der Waals surface area contributed by atoms with Gasteiger partial charge in [-0.3, -0.25) is 4.79 Å². The average Bonchev–Trinajstić information content (AvgIpc) is 2.60. The first kappa shape index (κ1) is 16.5. The number of carbonyl (C=O) groups excluding carboxylic acids is 1. The molecule has 4 heteroatoms. The van der Waals surface area contributed by atoms with E-state index in [2.05, 4.69) is 13.0 Å². The topological polar surface area (TPSA) is 49.8 Å². The van der Waals surface area contributed by atoms with Gasteiger partial charge in [-0.25, -0.2) is 0 Å². The summed E-state index contributed by atoms with van der Waals surface area (Å²) in [7, 11) is 0. The molecule has 4 nitrogen and oxygen atoms in total. The first-order valence-electron chi connectivity index (χ1n) is 8.85. The zero-order valence-corrected chi connectivity index (χ0v) is 13.9. The number of aliphatic hydroxyl groups is 1. The summed E-state index contributed by atoms with van der Waals surface area (Å²) in [6.45, 7) is 3.52. The van der Waals surface area contributed by atoms with Gasteiger partial charge in [-0.1, -0.05) is 37.6 Å². The van der Waals surface area contributed by atoms with Gasteiger partial charge >= 0.3 is 0 Å². The predicted molar refractivity (Wildman–Crippen MR) is 89.1 cm³/mol. The molecule has 1 fully saturated rings. The van der Waals surface area contributed by atoms with E-state index in [-0.39, 0.29) is 30.6 Å². The molecule has 1 amide bonds. The summed E-state index contributed by atoms with van der Waals surface area (Å²) in [5.41, 5.74) is 2.36. The maximum Gasteiger partial charge on any atom is 0.226 e. The third kappa shape index (κ3) is 3.43. The summed E-state index contributed by atoms with van der Waals surface area (Å²) in [6.07, 6.45) is 4.82. The Hall–Kier alpha value is -1.39. The molecule has 3 rings (SSSR count). The van der Waals surface area contributed by atoms with Crippen LogP contribution < -0.4 is 0 Å². The van der Waals surface area contributed by atoms with Gasteiger partial charge in [0, 0.05) is 19.1 Å². The number of hydrogen-bond donors (Lipinski definition) is 1. The zero-order valence-electron chi connectivity index (χ0n) is 13.9. The van der Waals surface area contributed by atoms with Crippen LogP contribution in [0.4, 0.5) is 0 Å². The molecule has 126 valence electrons. The van der Waals surface area contributed by atoms with Crippen LogP contribution in [0.3, 0.4) is 0 Å². The van der Waals surface area contributed by atoms with Crippen molar-refractivity contribution >= 4 is 5.91 Å². The standard InChI is InChI=1S/C19H27NO3/c1-2-5-16-12-15(9-11-23-16)19(22)20-10-8-14-6-3-4-7-17(14)18(20)13-21/h3-4,6-7,15-16,18,21H,2,5,8-13H2,1H3/t15-,16-,18+/m1/s1. The van der Waals surface area contributed by atoms with Gasteiger partial charge in [0.25, 0.3) is 0 Å². The fraction of sp³-hybridized carbons (Fsp3) is 0.632. The molecule has 0 saturated carbocycles. The summed E-state index contributed by atoms with van der Waals surface area (Å²) in [5.74, 6) is 0.238. The molecule has 0 aliphatic carbocycles. The first-order chi connectivity index (χ1) is 11.2. The highest BCUT2D eigenvalue weighted by Crippen LogP contribution is 2.33. The molecule has 2 heterocycles. The first-order valence-corrected chi connectivity index (χ1v) is 8.85. The molecule has 1 aromatic rings. The second kappa shape index (κ2) is 7.45. The number of ether oxygens (including phenoxy) is 1. The lowest BCUT2D eigenvalue weighted by atomic mass is 9.88. The molecule has 23 heavy (non-hydrogen) atoms. The molecule has 1 saturated heterocycles. The second-order valence-electron chi connectivity index (χ2n) is 6.68. The van der Waals surface area contributed by atoms with Gasteiger partial charge in [0.05, 0.1) is 18.8 Å². The monoisotopic (exact) mass is 317 g/mol. The summed E-state index contributed by atoms with van der Waals surface area (Å²) >= 11 is 0. The van der Waals surface area contributed by atoms with Gasteiger partial charge in [-0.15, -0.1) is 0 Å². The Morgan fingerprint density at radius 1 is 1.39 bits per heavy atom. The van der Waals surface area contributed by atoms with Crippen molar-refractivity contribution in [2.24, 2.45) is 5.92 Å². The van der Waals surface area contributed by atoms with Gasteiger partial charge in [0.1, 0.15) is 0 Å². The van der Waals surface area contributed by atoms with Gasteiger partial charge in [-0.2, -0.15) is 0 Å². The zero-order chi connectivity index (χ0) is 16.2. The highest BCUT2D eigenvalue weighted by atomic mass is 16.5. The molecular weight excluding hydrogens is 290 g/mol. The molecule has 3 atom stereocenters. The number of hydrogen-bond acceptors (Lipinski definition) is 3. The van der Waals surface area contributed by atoms with Crippen molar-refractivity contribution in [1.29, 1.82) is 0 Å². The Bertz CT molecular complexity index is 543. The number of amides is 1. The van der Waals surface area contributed by atoms with Gasteiger partial charge in [0.2, 0.25) is 5.91 Å². The lowest BCUT2D eigenvalue weighted by molar-refractivity contribution is -0.144. The van der Waals surface area contributed by atoms with Crippen molar-refractivity contribution in [3.63, 3.8) is 0 Å². The molecule has 0 radical (unpaired) electrons. The van der Waals surface area contributed by atoms with E-state index in [1.165, 1.54) is 5.56 Å². The van der Waals surface area contributed by atoms with Crippen LogP contribution in [0.15, 0.2) is 24.3 Å². The van der Waals surface area contributed by atoms with Gasteiger partial charge in [-0.05, 0) is 36.8 Å². The van der Waals surface area contributed by atoms with Crippen molar-refractivity contribution in [1.82, 2.24) is 4.90 Å². The normalized spacial score (nSPS) is 27.6. The lowest BCUT2D eigenvalue weighted by Crippen LogP contribution is -2.46. The van der Waals surface area contributed by atoms with Crippen LogP contribution in [0.1, 0.15) is 49.8 Å². The SMILES string of the molecule is CCC[C@@H]1C[C@H](C(=O)N2CCc3ccccc3[C@@H]2CO)CCO1. The minimum atomic E-state index is -0.195. The van der Waals surface area contributed by atoms with E-state index in [4.69, 9.17) is 4.74 Å². The van der Waals surface area contributed by atoms with E-state index in [1.807, 2.05) is 23.1 Å². The molecule has 0 unspecified atom stereocenters. The largest absolute Gasteiger partial charge is 0.394 e. The maximum absolute atomic E-state index is 13.0. The molecule has 1 aromatic carbocycles. The van der Waals surface area contributed by atoms with Crippen LogP contribution in [-0.2, 0) is 16.0 Å². The summed E-state index contributed by atoms with van der Waals surface area (Å²) < 4.78 is 5.78. The molecule has 0 bridgehead atoms. The number of benzene rings is 1. The van der Waals surface area contributed by atoms with Crippen LogP contribution in [-0.4, -0.2) is 41.8 Å². The van der Waals surface area contributed by atoms with Gasteiger partial charge in [0.15, 0.2) is 0 Å². The van der Waals surface area contributed by atoms with E-state index in [9.17, 15) is 9.90 Å². The smallest absolute Gasteiger partial charge is 0.226 e. The van der Waals surface area contributed by atoms with Crippen molar-refractivity contribution < 1.29 is 14.6 Å². The Morgan fingerprint density at radius 2 is 2.22 bits per heavy atom. The third-order valence-electron chi connectivity index (χ3n) is 5.20. The van der Waals surface area contributed by atoms with Crippen LogP contribution in [0.5, 0.6) is 0 Å². The van der Waals surface area contributed by atoms with E-state index < -0.39 is 0 Å². The van der Waals surface area contributed by atoms with Crippen LogP contribution >= 0.6 is 0 Å². The average molecular weight is 317 g/mol. The number of nitrogens with zero attached hydrogens (tertiary/aromatic N) is 1. The molecule has 2 aliphatic rings. The number of fused-ring (bicyclic) bond motifs is 1.